The first-order chi connectivity index (χ1) is 12.6. The molecule has 2 heterocycles. The van der Waals surface area contributed by atoms with E-state index in [0.29, 0.717) is 5.56 Å². The number of hydrogen-bond acceptors (Lipinski definition) is 6. The first-order valence-corrected chi connectivity index (χ1v) is 10.9. The van der Waals surface area contributed by atoms with Crippen LogP contribution in [0.1, 0.15) is 5.56 Å². The van der Waals surface area contributed by atoms with Gasteiger partial charge in [-0.25, -0.2) is 16.8 Å². The van der Waals surface area contributed by atoms with Crippen LogP contribution >= 0.6 is 0 Å². The average Bonchev–Trinajstić information content (AvgIpc) is 2.84. The Bertz CT molecular complexity index is 1130. The number of sulfone groups is 1. The molecule has 0 N–H and O–H groups in total. The van der Waals surface area contributed by atoms with Crippen molar-refractivity contribution in [3.05, 3.63) is 48.0 Å². The molecule has 2 aromatic carbocycles. The molecule has 0 fully saturated rings. The van der Waals surface area contributed by atoms with Gasteiger partial charge in [0.15, 0.2) is 21.3 Å². The molecular formula is C16H13F2NO6S2. The SMILES string of the molecule is O=S1(=O)CCN(S(=O)(=O)c2cccc3c2OC(F)(F)O3)Cc2ccccc21. The molecule has 2 aromatic rings. The molecule has 11 heteroatoms. The molecule has 4 rings (SSSR count). The highest BCUT2D eigenvalue weighted by atomic mass is 32.2. The third-order valence-corrected chi connectivity index (χ3v) is 7.93. The molecule has 144 valence electrons. The van der Waals surface area contributed by atoms with E-state index in [2.05, 4.69) is 9.47 Å². The molecule has 0 saturated carbocycles. The zero-order chi connectivity index (χ0) is 19.4. The van der Waals surface area contributed by atoms with Crippen LogP contribution in [0.3, 0.4) is 0 Å². The Kier molecular flexibility index (Phi) is 3.95. The lowest BCUT2D eigenvalue weighted by Crippen LogP contribution is -2.33. The number of benzene rings is 2. The Morgan fingerprint density at radius 2 is 1.78 bits per heavy atom. The lowest BCUT2D eigenvalue weighted by molar-refractivity contribution is -0.287. The molecule has 0 unspecified atom stereocenters. The van der Waals surface area contributed by atoms with Gasteiger partial charge in [-0.3, -0.25) is 0 Å². The molecule has 27 heavy (non-hydrogen) atoms. The highest BCUT2D eigenvalue weighted by molar-refractivity contribution is 7.91. The second-order valence-electron chi connectivity index (χ2n) is 6.02. The van der Waals surface area contributed by atoms with Crippen LogP contribution in [0.5, 0.6) is 11.5 Å². The van der Waals surface area contributed by atoms with E-state index in [0.717, 1.165) is 16.4 Å². The third kappa shape index (κ3) is 3.05. The molecule has 2 aliphatic heterocycles. The molecule has 0 bridgehead atoms. The summed E-state index contributed by atoms with van der Waals surface area (Å²) in [6, 6.07) is 9.61. The molecule has 7 nitrogen and oxygen atoms in total. The van der Waals surface area contributed by atoms with E-state index in [9.17, 15) is 25.6 Å². The molecule has 0 aliphatic carbocycles. The van der Waals surface area contributed by atoms with Crippen LogP contribution in [0.25, 0.3) is 0 Å². The second-order valence-corrected chi connectivity index (χ2v) is 10.0. The van der Waals surface area contributed by atoms with Gasteiger partial charge in [-0.05, 0) is 23.8 Å². The highest BCUT2D eigenvalue weighted by Gasteiger charge is 2.47. The van der Waals surface area contributed by atoms with E-state index in [4.69, 9.17) is 0 Å². The standard InChI is InChI=1S/C16H13F2NO6S2/c17-16(18)24-12-5-3-7-14(15(12)25-16)27(22,23)19-8-9-26(20,21)13-6-2-1-4-11(13)10-19/h1-7H,8-10H2. The molecule has 0 radical (unpaired) electrons. The van der Waals surface area contributed by atoms with Gasteiger partial charge in [0.05, 0.1) is 10.6 Å². The zero-order valence-corrected chi connectivity index (χ0v) is 15.3. The highest BCUT2D eigenvalue weighted by Crippen LogP contribution is 2.45. The van der Waals surface area contributed by atoms with Crippen molar-refractivity contribution in [1.82, 2.24) is 4.31 Å². The first-order valence-electron chi connectivity index (χ1n) is 7.80. The summed E-state index contributed by atoms with van der Waals surface area (Å²) in [5.41, 5.74) is 0.314. The lowest BCUT2D eigenvalue weighted by atomic mass is 10.2. The fourth-order valence-corrected chi connectivity index (χ4v) is 6.19. The maximum Gasteiger partial charge on any atom is 0.586 e. The van der Waals surface area contributed by atoms with E-state index in [1.165, 1.54) is 18.2 Å². The van der Waals surface area contributed by atoms with Gasteiger partial charge in [0.1, 0.15) is 4.90 Å². The van der Waals surface area contributed by atoms with Crippen LogP contribution in [0.15, 0.2) is 52.3 Å². The third-order valence-electron chi connectivity index (χ3n) is 4.27. The maximum atomic E-state index is 13.4. The van der Waals surface area contributed by atoms with E-state index in [1.54, 1.807) is 12.1 Å². The smallest absolute Gasteiger partial charge is 0.395 e. The molecule has 0 saturated heterocycles. The van der Waals surface area contributed by atoms with Crippen molar-refractivity contribution in [3.63, 3.8) is 0 Å². The number of rotatable bonds is 2. The predicted octanol–water partition coefficient (Wildman–Crippen LogP) is 1.99. The minimum absolute atomic E-state index is 0.0621. The van der Waals surface area contributed by atoms with E-state index < -0.39 is 48.3 Å². The summed E-state index contributed by atoms with van der Waals surface area (Å²) in [6.45, 7) is -0.529. The molecular weight excluding hydrogens is 404 g/mol. The number of nitrogens with zero attached hydrogens (tertiary/aromatic N) is 1. The minimum atomic E-state index is -4.32. The van der Waals surface area contributed by atoms with Crippen LogP contribution in [0, 0.1) is 0 Å². The van der Waals surface area contributed by atoms with E-state index in [-0.39, 0.29) is 18.0 Å². The van der Waals surface area contributed by atoms with Crippen LogP contribution in [0.4, 0.5) is 8.78 Å². The lowest BCUT2D eigenvalue weighted by Gasteiger charge is -2.20. The molecule has 0 aromatic heterocycles. The summed E-state index contributed by atoms with van der Waals surface area (Å²) < 4.78 is 87.3. The normalized spacial score (nSPS) is 20.7. The first kappa shape index (κ1) is 18.1. The zero-order valence-electron chi connectivity index (χ0n) is 13.6. The predicted molar refractivity (Wildman–Crippen MR) is 88.7 cm³/mol. The van der Waals surface area contributed by atoms with Crippen LogP contribution in [-0.4, -0.2) is 39.7 Å². The summed E-state index contributed by atoms with van der Waals surface area (Å²) in [4.78, 5) is -0.443. The topological polar surface area (TPSA) is 90.0 Å². The van der Waals surface area contributed by atoms with Gasteiger partial charge in [0, 0.05) is 13.1 Å². The number of para-hydroxylation sites is 1. The van der Waals surface area contributed by atoms with Gasteiger partial charge >= 0.3 is 6.29 Å². The van der Waals surface area contributed by atoms with Crippen molar-refractivity contribution in [3.8, 4) is 11.5 Å². The molecule has 0 spiro atoms. The Hall–Kier alpha value is -2.24. The second kappa shape index (κ2) is 5.88. The van der Waals surface area contributed by atoms with Crippen molar-refractivity contribution in [2.45, 2.75) is 22.6 Å². The Labute approximate surface area is 154 Å². The average molecular weight is 417 g/mol. The fraction of sp³-hybridized carbons (Fsp3) is 0.250. The molecule has 2 aliphatic rings. The number of hydrogen-bond donors (Lipinski definition) is 0. The van der Waals surface area contributed by atoms with Gasteiger partial charge in [0.2, 0.25) is 10.0 Å². The number of sulfonamides is 1. The van der Waals surface area contributed by atoms with Crippen LogP contribution < -0.4 is 9.47 Å². The summed E-state index contributed by atoms with van der Waals surface area (Å²) >= 11 is 0. The van der Waals surface area contributed by atoms with Gasteiger partial charge in [-0.1, -0.05) is 24.3 Å². The number of alkyl halides is 2. The summed E-state index contributed by atoms with van der Waals surface area (Å²) in [5, 5.41) is 0. The number of halogens is 2. The molecule has 0 atom stereocenters. The van der Waals surface area contributed by atoms with E-state index >= 15 is 0 Å². The van der Waals surface area contributed by atoms with E-state index in [1.807, 2.05) is 0 Å². The van der Waals surface area contributed by atoms with Gasteiger partial charge < -0.3 is 9.47 Å². The molecule has 0 amide bonds. The van der Waals surface area contributed by atoms with Crippen molar-refractivity contribution >= 4 is 19.9 Å². The quantitative estimate of drug-likeness (QED) is 0.742. The largest absolute Gasteiger partial charge is 0.586 e. The van der Waals surface area contributed by atoms with Crippen LogP contribution in [-0.2, 0) is 26.4 Å². The van der Waals surface area contributed by atoms with Crippen molar-refractivity contribution in [2.24, 2.45) is 0 Å². The van der Waals surface area contributed by atoms with Gasteiger partial charge in [-0.15, -0.1) is 8.78 Å². The number of fused-ring (bicyclic) bond motifs is 2. The number of ether oxygens (including phenoxy) is 2. The van der Waals surface area contributed by atoms with Gasteiger partial charge in [-0.2, -0.15) is 4.31 Å². The Balaban J connectivity index is 1.78. The Morgan fingerprint density at radius 1 is 1.04 bits per heavy atom. The van der Waals surface area contributed by atoms with Crippen LogP contribution in [0.2, 0.25) is 0 Å². The summed E-state index contributed by atoms with van der Waals surface area (Å²) in [7, 11) is -7.99. The van der Waals surface area contributed by atoms with Crippen molar-refractivity contribution in [2.75, 3.05) is 12.3 Å². The van der Waals surface area contributed by atoms with Crippen molar-refractivity contribution in [1.29, 1.82) is 0 Å². The Morgan fingerprint density at radius 3 is 2.56 bits per heavy atom. The fourth-order valence-electron chi connectivity index (χ4n) is 3.03. The monoisotopic (exact) mass is 417 g/mol. The summed E-state index contributed by atoms with van der Waals surface area (Å²) in [6.07, 6.45) is -3.97. The van der Waals surface area contributed by atoms with Gasteiger partial charge in [0.25, 0.3) is 0 Å². The van der Waals surface area contributed by atoms with Crippen molar-refractivity contribution < 1.29 is 35.1 Å². The minimum Gasteiger partial charge on any atom is -0.395 e. The maximum absolute atomic E-state index is 13.4. The summed E-state index contributed by atoms with van der Waals surface area (Å²) in [5.74, 6) is -1.42.